The molecule has 3 heteroatoms. The molecular formula is C19H40O2Sn. The Hall–Kier alpha value is 0.299. The fourth-order valence-electron chi connectivity index (χ4n) is 3.07. The van der Waals surface area contributed by atoms with Gasteiger partial charge in [0.15, 0.2) is 0 Å². The van der Waals surface area contributed by atoms with Crippen LogP contribution in [0.4, 0.5) is 0 Å². The van der Waals surface area contributed by atoms with E-state index < -0.39 is 18.4 Å². The zero-order valence-corrected chi connectivity index (χ0v) is 18.3. The van der Waals surface area contributed by atoms with Crippen molar-refractivity contribution in [3.8, 4) is 0 Å². The first-order valence-corrected chi connectivity index (χ1v) is 17.7. The van der Waals surface area contributed by atoms with E-state index in [4.69, 9.17) is 9.84 Å². The second-order valence-corrected chi connectivity index (χ2v) is 20.7. The zero-order valence-electron chi connectivity index (χ0n) is 15.4. The molecule has 0 spiro atoms. The van der Waals surface area contributed by atoms with Crippen LogP contribution in [-0.2, 0) is 4.74 Å². The van der Waals surface area contributed by atoms with Gasteiger partial charge in [-0.25, -0.2) is 0 Å². The number of hydrogen-bond donors (Lipinski definition) is 1. The van der Waals surface area contributed by atoms with Crippen LogP contribution in [0.1, 0.15) is 72.1 Å². The van der Waals surface area contributed by atoms with Crippen molar-refractivity contribution < 1.29 is 9.84 Å². The van der Waals surface area contributed by atoms with E-state index in [1.54, 1.807) is 13.3 Å². The summed E-state index contributed by atoms with van der Waals surface area (Å²) in [6.07, 6.45) is 14.5. The second-order valence-electron chi connectivity index (χ2n) is 6.69. The van der Waals surface area contributed by atoms with Crippen molar-refractivity contribution in [2.75, 3.05) is 13.2 Å². The maximum atomic E-state index is 8.76. The number of aliphatic hydroxyl groups excluding tert-OH is 1. The number of hydrogen-bond acceptors (Lipinski definition) is 2. The van der Waals surface area contributed by atoms with Crippen LogP contribution in [0.15, 0.2) is 12.3 Å². The van der Waals surface area contributed by atoms with Crippen molar-refractivity contribution in [1.29, 1.82) is 0 Å². The number of aliphatic hydroxyl groups is 1. The summed E-state index contributed by atoms with van der Waals surface area (Å²) >= 11 is -1.98. The Labute approximate surface area is 143 Å². The van der Waals surface area contributed by atoms with E-state index in [0.29, 0.717) is 0 Å². The molecule has 2 nitrogen and oxygen atoms in total. The normalized spacial score (nSPS) is 12.2. The summed E-state index contributed by atoms with van der Waals surface area (Å²) in [7, 11) is 0. The van der Waals surface area contributed by atoms with Gasteiger partial charge in [-0.15, -0.1) is 0 Å². The van der Waals surface area contributed by atoms with Gasteiger partial charge in [-0.2, -0.15) is 0 Å². The molecule has 0 fully saturated rings. The van der Waals surface area contributed by atoms with Crippen molar-refractivity contribution in [2.45, 2.75) is 89.9 Å². The van der Waals surface area contributed by atoms with Gasteiger partial charge in [0.1, 0.15) is 0 Å². The number of rotatable bonds is 16. The van der Waals surface area contributed by atoms with Crippen molar-refractivity contribution in [2.24, 2.45) is 0 Å². The Bertz CT molecular complexity index is 232. The average molecular weight is 419 g/mol. The molecular weight excluding hydrogens is 379 g/mol. The van der Waals surface area contributed by atoms with E-state index in [1.165, 1.54) is 43.0 Å². The Balaban J connectivity index is 4.40. The zero-order chi connectivity index (χ0) is 16.5. The van der Waals surface area contributed by atoms with E-state index in [9.17, 15) is 0 Å². The van der Waals surface area contributed by atoms with Gasteiger partial charge < -0.3 is 0 Å². The van der Waals surface area contributed by atoms with Crippen LogP contribution in [0.2, 0.25) is 17.7 Å². The van der Waals surface area contributed by atoms with Gasteiger partial charge in [-0.05, 0) is 0 Å². The third-order valence-corrected chi connectivity index (χ3v) is 19.8. The van der Waals surface area contributed by atoms with E-state index in [1.807, 2.05) is 6.26 Å². The summed E-state index contributed by atoms with van der Waals surface area (Å²) in [4.78, 5) is 0. The van der Waals surface area contributed by atoms with Gasteiger partial charge in [0.05, 0.1) is 0 Å². The van der Waals surface area contributed by atoms with Crippen LogP contribution in [-0.4, -0.2) is 36.7 Å². The Morgan fingerprint density at radius 1 is 0.818 bits per heavy atom. The van der Waals surface area contributed by atoms with Crippen molar-refractivity contribution in [3.63, 3.8) is 0 Å². The molecule has 0 atom stereocenters. The fraction of sp³-hybridized carbons (Fsp3) is 0.895. The summed E-state index contributed by atoms with van der Waals surface area (Å²) in [6, 6.07) is 0. The first-order valence-electron chi connectivity index (χ1n) is 9.62. The van der Waals surface area contributed by atoms with Gasteiger partial charge in [0, 0.05) is 0 Å². The molecule has 0 bridgehead atoms. The first-order chi connectivity index (χ1) is 10.7. The number of ether oxygens (including phenoxy) is 1. The molecule has 0 saturated heterocycles. The third-order valence-electron chi connectivity index (χ3n) is 4.60. The Morgan fingerprint density at radius 3 is 1.82 bits per heavy atom. The molecule has 1 N–H and O–H groups in total. The van der Waals surface area contributed by atoms with Crippen LogP contribution < -0.4 is 0 Å². The number of unbranched alkanes of at least 4 members (excludes halogenated alkanes) is 4. The van der Waals surface area contributed by atoms with Gasteiger partial charge >= 0.3 is 144 Å². The number of allylic oxidation sites excluding steroid dienone is 1. The topological polar surface area (TPSA) is 29.5 Å². The minimum absolute atomic E-state index is 0.275. The molecule has 0 heterocycles. The summed E-state index contributed by atoms with van der Waals surface area (Å²) in [6.45, 7) is 8.01. The van der Waals surface area contributed by atoms with Gasteiger partial charge in [0.2, 0.25) is 0 Å². The average Bonchev–Trinajstić information content (AvgIpc) is 2.55. The van der Waals surface area contributed by atoms with Crippen LogP contribution in [0, 0.1) is 0 Å². The van der Waals surface area contributed by atoms with Gasteiger partial charge in [-0.1, -0.05) is 0 Å². The standard InChI is InChI=1S/C7H13O2.3C4H9.Sn/c1-2-6-9-7-4-3-5-8;3*1-3-4-2;/h2,6,8H,1,3-5,7H2;3*1,3-4H2,2H3;/b6-2-;;;;. The molecule has 0 aliphatic rings. The van der Waals surface area contributed by atoms with Crippen molar-refractivity contribution >= 4 is 18.4 Å². The van der Waals surface area contributed by atoms with E-state index in [2.05, 4.69) is 26.8 Å². The molecule has 0 radical (unpaired) electrons. The fourth-order valence-corrected chi connectivity index (χ4v) is 18.1. The summed E-state index contributed by atoms with van der Waals surface area (Å²) in [5.74, 6) is 0. The molecule has 0 rings (SSSR count). The predicted molar refractivity (Wildman–Crippen MR) is 101 cm³/mol. The van der Waals surface area contributed by atoms with E-state index in [0.717, 1.165) is 19.4 Å². The molecule has 0 aliphatic carbocycles. The third kappa shape index (κ3) is 11.8. The Morgan fingerprint density at radius 2 is 1.36 bits per heavy atom. The minimum atomic E-state index is -1.98. The van der Waals surface area contributed by atoms with Crippen LogP contribution >= 0.6 is 0 Å². The van der Waals surface area contributed by atoms with Crippen molar-refractivity contribution in [3.05, 3.63) is 12.3 Å². The maximum absolute atomic E-state index is 8.76. The summed E-state index contributed by atoms with van der Waals surface area (Å²) < 4.78 is 11.7. The summed E-state index contributed by atoms with van der Waals surface area (Å²) in [5.41, 5.74) is 0. The van der Waals surface area contributed by atoms with Crippen molar-refractivity contribution in [1.82, 2.24) is 0 Å². The van der Waals surface area contributed by atoms with Crippen LogP contribution in [0.5, 0.6) is 0 Å². The SMILES string of the molecule is CCC[CH2][Sn]([CH2]/C=C\OCCCCO)([CH2]CCC)[CH2]CCC. The molecule has 22 heavy (non-hydrogen) atoms. The quantitative estimate of drug-likeness (QED) is 0.185. The van der Waals surface area contributed by atoms with E-state index in [-0.39, 0.29) is 6.61 Å². The molecule has 0 aromatic heterocycles. The molecule has 0 aliphatic heterocycles. The monoisotopic (exact) mass is 420 g/mol. The molecule has 0 saturated carbocycles. The van der Waals surface area contributed by atoms with Gasteiger partial charge in [0.25, 0.3) is 0 Å². The predicted octanol–water partition coefficient (Wildman–Crippen LogP) is 6.14. The Kier molecular flexibility index (Phi) is 16.4. The molecule has 0 unspecified atom stereocenters. The first kappa shape index (κ1) is 22.3. The molecule has 0 amide bonds. The van der Waals surface area contributed by atoms with E-state index >= 15 is 0 Å². The molecule has 0 aromatic rings. The molecule has 132 valence electrons. The summed E-state index contributed by atoms with van der Waals surface area (Å²) in [5, 5.41) is 8.76. The van der Waals surface area contributed by atoms with Crippen LogP contribution in [0.25, 0.3) is 0 Å². The van der Waals surface area contributed by atoms with Gasteiger partial charge in [-0.3, -0.25) is 0 Å². The second kappa shape index (κ2) is 16.2. The molecule has 0 aromatic carbocycles. The van der Waals surface area contributed by atoms with Crippen LogP contribution in [0.3, 0.4) is 0 Å².